The van der Waals surface area contributed by atoms with Crippen molar-refractivity contribution < 1.29 is 4.42 Å². The van der Waals surface area contributed by atoms with Crippen LogP contribution < -0.4 is 5.73 Å². The van der Waals surface area contributed by atoms with E-state index in [1.54, 1.807) is 6.26 Å². The minimum Gasteiger partial charge on any atom is -0.468 e. The van der Waals surface area contributed by atoms with Gasteiger partial charge in [0.05, 0.1) is 12.3 Å². The van der Waals surface area contributed by atoms with Crippen LogP contribution in [0.4, 0.5) is 0 Å². The molecule has 2 atom stereocenters. The van der Waals surface area contributed by atoms with Gasteiger partial charge in [0.15, 0.2) is 0 Å². The number of nitrogens with two attached hydrogens (primary N) is 1. The summed E-state index contributed by atoms with van der Waals surface area (Å²) in [6, 6.07) is 4.96. The lowest BCUT2D eigenvalue weighted by Gasteiger charge is -2.28. The molecule has 0 spiro atoms. The first-order chi connectivity index (χ1) is 6.70. The van der Waals surface area contributed by atoms with Crippen molar-refractivity contribution in [1.29, 1.82) is 0 Å². The zero-order valence-electron chi connectivity index (χ0n) is 8.81. The van der Waals surface area contributed by atoms with E-state index in [4.69, 9.17) is 10.2 Å². The maximum Gasteiger partial charge on any atom is 0.122 e. The van der Waals surface area contributed by atoms with Crippen molar-refractivity contribution in [2.75, 3.05) is 6.54 Å². The van der Waals surface area contributed by atoms with Crippen LogP contribution in [0.15, 0.2) is 22.8 Å². The fraction of sp³-hybridized carbons (Fsp3) is 0.636. The monoisotopic (exact) mass is 194 g/mol. The van der Waals surface area contributed by atoms with E-state index in [2.05, 4.69) is 18.7 Å². The molecule has 14 heavy (non-hydrogen) atoms. The third-order valence-corrected chi connectivity index (χ3v) is 2.98. The Morgan fingerprint density at radius 3 is 2.93 bits per heavy atom. The largest absolute Gasteiger partial charge is 0.468 e. The van der Waals surface area contributed by atoms with Gasteiger partial charge < -0.3 is 10.2 Å². The highest BCUT2D eigenvalue weighted by atomic mass is 16.3. The van der Waals surface area contributed by atoms with E-state index in [1.165, 1.54) is 0 Å². The van der Waals surface area contributed by atoms with E-state index in [0.717, 1.165) is 18.7 Å². The van der Waals surface area contributed by atoms with E-state index in [9.17, 15) is 0 Å². The number of hydrogen-bond acceptors (Lipinski definition) is 3. The average Bonchev–Trinajstić information content (AvgIpc) is 2.71. The van der Waals surface area contributed by atoms with Crippen molar-refractivity contribution >= 4 is 0 Å². The van der Waals surface area contributed by atoms with Crippen LogP contribution in [0.1, 0.15) is 32.1 Å². The average molecular weight is 194 g/mol. The fourth-order valence-electron chi connectivity index (χ4n) is 2.25. The summed E-state index contributed by atoms with van der Waals surface area (Å²) in [6.45, 7) is 5.48. The first kappa shape index (κ1) is 9.74. The molecule has 1 saturated heterocycles. The number of nitrogens with zero attached hydrogens (tertiary/aromatic N) is 1. The van der Waals surface area contributed by atoms with Crippen molar-refractivity contribution in [3.8, 4) is 0 Å². The van der Waals surface area contributed by atoms with Gasteiger partial charge in [-0.15, -0.1) is 0 Å². The van der Waals surface area contributed by atoms with Gasteiger partial charge in [-0.3, -0.25) is 4.90 Å². The van der Waals surface area contributed by atoms with Crippen LogP contribution in [0.5, 0.6) is 0 Å². The van der Waals surface area contributed by atoms with E-state index in [0.29, 0.717) is 6.04 Å². The molecule has 0 aliphatic carbocycles. The molecule has 1 fully saturated rings. The molecule has 0 saturated carbocycles. The smallest absolute Gasteiger partial charge is 0.122 e. The maximum atomic E-state index is 6.10. The van der Waals surface area contributed by atoms with Crippen LogP contribution in [0.25, 0.3) is 0 Å². The Morgan fingerprint density at radius 2 is 2.36 bits per heavy atom. The number of furan rings is 1. The first-order valence-electron chi connectivity index (χ1n) is 5.25. The molecule has 78 valence electrons. The van der Waals surface area contributed by atoms with Gasteiger partial charge in [0, 0.05) is 18.6 Å². The van der Waals surface area contributed by atoms with Gasteiger partial charge in [0.25, 0.3) is 0 Å². The third-order valence-electron chi connectivity index (χ3n) is 2.98. The molecule has 0 unspecified atom stereocenters. The van der Waals surface area contributed by atoms with Crippen LogP contribution in [0.3, 0.4) is 0 Å². The highest BCUT2D eigenvalue weighted by Gasteiger charge is 2.35. The van der Waals surface area contributed by atoms with Crippen molar-refractivity contribution in [1.82, 2.24) is 4.90 Å². The van der Waals surface area contributed by atoms with Crippen LogP contribution >= 0.6 is 0 Å². The third kappa shape index (κ3) is 1.57. The summed E-state index contributed by atoms with van der Waals surface area (Å²) in [5.41, 5.74) is 6.10. The zero-order valence-corrected chi connectivity index (χ0v) is 8.81. The molecule has 0 bridgehead atoms. The fourth-order valence-corrected chi connectivity index (χ4v) is 2.25. The zero-order chi connectivity index (χ0) is 10.1. The molecular formula is C11H18N2O. The van der Waals surface area contributed by atoms with E-state index >= 15 is 0 Å². The van der Waals surface area contributed by atoms with E-state index in [1.807, 2.05) is 12.1 Å². The van der Waals surface area contributed by atoms with Gasteiger partial charge in [-0.1, -0.05) is 0 Å². The molecule has 1 aliphatic rings. The van der Waals surface area contributed by atoms with Crippen molar-refractivity contribution in [2.45, 2.75) is 38.4 Å². The number of hydrogen-bond donors (Lipinski definition) is 1. The molecule has 1 aliphatic heterocycles. The van der Waals surface area contributed by atoms with Crippen LogP contribution in [0, 0.1) is 0 Å². The lowest BCUT2D eigenvalue weighted by molar-refractivity contribution is 0.176. The standard InChI is InChI=1S/C11H18N2O/c1-8(2)13-6-5-9(12)11(13)10-4-3-7-14-10/h3-4,7-9,11H,5-6,12H2,1-2H3/t9-,11-/m1/s1. The minimum absolute atomic E-state index is 0.212. The van der Waals surface area contributed by atoms with Crippen LogP contribution in [-0.4, -0.2) is 23.5 Å². The SMILES string of the molecule is CC(C)N1CC[C@@H](N)[C@@H]1c1ccco1. The molecule has 0 amide bonds. The Hall–Kier alpha value is -0.800. The second-order valence-electron chi connectivity index (χ2n) is 4.24. The van der Waals surface area contributed by atoms with Crippen LogP contribution in [-0.2, 0) is 0 Å². The molecule has 2 N–H and O–H groups in total. The lowest BCUT2D eigenvalue weighted by Crippen LogP contribution is -2.35. The quantitative estimate of drug-likeness (QED) is 0.780. The Kier molecular flexibility index (Phi) is 2.61. The summed E-state index contributed by atoms with van der Waals surface area (Å²) in [5.74, 6) is 1.00. The first-order valence-corrected chi connectivity index (χ1v) is 5.25. The van der Waals surface area contributed by atoms with Gasteiger partial charge in [-0.05, 0) is 32.4 Å². The van der Waals surface area contributed by atoms with E-state index < -0.39 is 0 Å². The highest BCUT2D eigenvalue weighted by molar-refractivity contribution is 5.10. The summed E-state index contributed by atoms with van der Waals surface area (Å²) < 4.78 is 5.45. The summed E-state index contributed by atoms with van der Waals surface area (Å²) in [4.78, 5) is 2.41. The highest BCUT2D eigenvalue weighted by Crippen LogP contribution is 2.32. The Morgan fingerprint density at radius 1 is 1.57 bits per heavy atom. The van der Waals surface area contributed by atoms with E-state index in [-0.39, 0.29) is 12.1 Å². The molecule has 3 heteroatoms. The molecule has 3 nitrogen and oxygen atoms in total. The molecule has 0 aromatic carbocycles. The van der Waals surface area contributed by atoms with Gasteiger partial charge in [-0.2, -0.15) is 0 Å². The van der Waals surface area contributed by atoms with Gasteiger partial charge in [0.2, 0.25) is 0 Å². The van der Waals surface area contributed by atoms with Crippen molar-refractivity contribution in [3.63, 3.8) is 0 Å². The lowest BCUT2D eigenvalue weighted by atomic mass is 10.1. The predicted molar refractivity (Wildman–Crippen MR) is 55.9 cm³/mol. The normalized spacial score (nSPS) is 28.9. The maximum absolute atomic E-state index is 6.10. The Balaban J connectivity index is 2.22. The Labute approximate surface area is 84.9 Å². The summed E-state index contributed by atoms with van der Waals surface area (Å²) >= 11 is 0. The summed E-state index contributed by atoms with van der Waals surface area (Å²) in [7, 11) is 0. The van der Waals surface area contributed by atoms with Gasteiger partial charge in [0.1, 0.15) is 5.76 Å². The number of likely N-dealkylation sites (tertiary alicyclic amines) is 1. The molecule has 0 radical (unpaired) electrons. The van der Waals surface area contributed by atoms with Crippen LogP contribution in [0.2, 0.25) is 0 Å². The number of rotatable bonds is 2. The molecular weight excluding hydrogens is 176 g/mol. The molecule has 2 heterocycles. The molecule has 1 aromatic heterocycles. The van der Waals surface area contributed by atoms with Crippen molar-refractivity contribution in [3.05, 3.63) is 24.2 Å². The summed E-state index contributed by atoms with van der Waals surface area (Å²) in [6.07, 6.45) is 2.78. The Bertz CT molecular complexity index is 281. The van der Waals surface area contributed by atoms with Crippen molar-refractivity contribution in [2.24, 2.45) is 5.73 Å². The topological polar surface area (TPSA) is 42.4 Å². The molecule has 2 rings (SSSR count). The summed E-state index contributed by atoms with van der Waals surface area (Å²) in [5, 5.41) is 0. The molecule has 1 aromatic rings. The second kappa shape index (κ2) is 3.75. The van der Waals surface area contributed by atoms with Gasteiger partial charge in [-0.25, -0.2) is 0 Å². The predicted octanol–water partition coefficient (Wildman–Crippen LogP) is 1.76. The second-order valence-corrected chi connectivity index (χ2v) is 4.24. The minimum atomic E-state index is 0.212. The van der Waals surface area contributed by atoms with Gasteiger partial charge >= 0.3 is 0 Å².